The van der Waals surface area contributed by atoms with Crippen molar-refractivity contribution in [3.63, 3.8) is 0 Å². The van der Waals surface area contributed by atoms with Crippen LogP contribution < -0.4 is 0 Å². The molecule has 1 saturated heterocycles. The Hall–Kier alpha value is -1.89. The van der Waals surface area contributed by atoms with Crippen LogP contribution in [-0.2, 0) is 14.6 Å². The summed E-state index contributed by atoms with van der Waals surface area (Å²) in [6.45, 7) is 6.22. The predicted octanol–water partition coefficient (Wildman–Crippen LogP) is 2.83. The maximum Gasteiger partial charge on any atom is 0.311 e. The van der Waals surface area contributed by atoms with E-state index < -0.39 is 21.2 Å². The summed E-state index contributed by atoms with van der Waals surface area (Å²) in [6, 6.07) is 5.94. The number of nitrogens with zero attached hydrogens (tertiary/aromatic N) is 1. The number of unbranched alkanes of at least 4 members (excludes halogenated alkanes) is 1. The molecule has 1 heterocycles. The summed E-state index contributed by atoms with van der Waals surface area (Å²) in [5.74, 6) is -1.12. The van der Waals surface area contributed by atoms with E-state index in [2.05, 4.69) is 0 Å². The fourth-order valence-corrected chi connectivity index (χ4v) is 4.79. The van der Waals surface area contributed by atoms with Crippen molar-refractivity contribution < 1.29 is 23.1 Å². The number of sulfone groups is 1. The Kier molecular flexibility index (Phi) is 6.11. The van der Waals surface area contributed by atoms with Crippen LogP contribution in [0.3, 0.4) is 0 Å². The van der Waals surface area contributed by atoms with E-state index in [0.29, 0.717) is 24.9 Å². The molecule has 1 aliphatic heterocycles. The minimum absolute atomic E-state index is 0.0797. The molecule has 144 valence electrons. The lowest BCUT2D eigenvalue weighted by molar-refractivity contribution is -0.150. The van der Waals surface area contributed by atoms with Gasteiger partial charge in [-0.15, -0.1) is 0 Å². The monoisotopic (exact) mass is 381 g/mol. The third kappa shape index (κ3) is 3.92. The molecule has 1 aliphatic rings. The largest absolute Gasteiger partial charge is 0.481 e. The highest BCUT2D eigenvalue weighted by atomic mass is 32.2. The molecule has 7 heteroatoms. The molecule has 0 saturated carbocycles. The average Bonchev–Trinajstić information content (AvgIpc) is 3.06. The molecular formula is C19H27NO5S. The summed E-state index contributed by atoms with van der Waals surface area (Å²) in [5.41, 5.74) is -0.539. The zero-order chi connectivity index (χ0) is 19.5. The smallest absolute Gasteiger partial charge is 0.311 e. The molecule has 0 aliphatic carbocycles. The Bertz CT molecular complexity index is 770. The summed E-state index contributed by atoms with van der Waals surface area (Å²) in [5, 5.41) is 9.60. The van der Waals surface area contributed by atoms with Crippen LogP contribution in [-0.4, -0.2) is 49.1 Å². The number of carboxylic acid groups (broad SMARTS) is 1. The second kappa shape index (κ2) is 7.78. The van der Waals surface area contributed by atoms with Gasteiger partial charge in [-0.3, -0.25) is 9.59 Å². The molecule has 0 bridgehead atoms. The highest BCUT2D eigenvalue weighted by Crippen LogP contribution is 2.38. The Morgan fingerprint density at radius 3 is 2.31 bits per heavy atom. The molecule has 1 fully saturated rings. The lowest BCUT2D eigenvalue weighted by Gasteiger charge is -2.28. The topological polar surface area (TPSA) is 91.8 Å². The van der Waals surface area contributed by atoms with E-state index in [9.17, 15) is 23.1 Å². The van der Waals surface area contributed by atoms with Crippen LogP contribution in [0.1, 0.15) is 50.4 Å². The second-order valence-electron chi connectivity index (χ2n) is 7.29. The maximum atomic E-state index is 12.7. The van der Waals surface area contributed by atoms with Crippen molar-refractivity contribution in [2.75, 3.05) is 18.8 Å². The molecule has 2 rings (SSSR count). The average molecular weight is 381 g/mol. The standard InChI is InChI=1S/C19H27NO5S/c1-4-5-12-26(24,25)16-8-6-15(7-9-16)17(21)20-11-10-19(13-20,14(2)3)18(22)23/h6-9,14H,4-5,10-13H2,1-3H3,(H,22,23). The van der Waals surface area contributed by atoms with Crippen LogP contribution in [0.2, 0.25) is 0 Å². The zero-order valence-electron chi connectivity index (χ0n) is 15.6. The minimum Gasteiger partial charge on any atom is -0.481 e. The van der Waals surface area contributed by atoms with E-state index >= 15 is 0 Å². The Morgan fingerprint density at radius 1 is 1.23 bits per heavy atom. The molecule has 6 nitrogen and oxygen atoms in total. The van der Waals surface area contributed by atoms with Gasteiger partial charge in [-0.2, -0.15) is 0 Å². The number of carboxylic acids is 1. The summed E-state index contributed by atoms with van der Waals surface area (Å²) >= 11 is 0. The van der Waals surface area contributed by atoms with E-state index in [-0.39, 0.29) is 29.0 Å². The Morgan fingerprint density at radius 2 is 1.85 bits per heavy atom. The first-order chi connectivity index (χ1) is 12.1. The van der Waals surface area contributed by atoms with Crippen molar-refractivity contribution in [3.8, 4) is 0 Å². The Balaban J connectivity index is 2.15. The highest BCUT2D eigenvalue weighted by Gasteiger charge is 2.48. The number of hydrogen-bond donors (Lipinski definition) is 1. The quantitative estimate of drug-likeness (QED) is 0.784. The van der Waals surface area contributed by atoms with Gasteiger partial charge in [-0.1, -0.05) is 27.2 Å². The molecule has 1 atom stereocenters. The van der Waals surface area contributed by atoms with Gasteiger partial charge in [0.2, 0.25) is 0 Å². The fourth-order valence-electron chi connectivity index (χ4n) is 3.34. The highest BCUT2D eigenvalue weighted by molar-refractivity contribution is 7.91. The number of likely N-dealkylation sites (tertiary alicyclic amines) is 1. The number of benzene rings is 1. The van der Waals surface area contributed by atoms with Crippen molar-refractivity contribution in [1.82, 2.24) is 4.90 Å². The van der Waals surface area contributed by atoms with Crippen LogP contribution in [0, 0.1) is 11.3 Å². The van der Waals surface area contributed by atoms with Crippen LogP contribution in [0.4, 0.5) is 0 Å². The normalized spacial score (nSPS) is 20.5. The van der Waals surface area contributed by atoms with Gasteiger partial charge in [0.25, 0.3) is 5.91 Å². The van der Waals surface area contributed by atoms with Crippen molar-refractivity contribution >= 4 is 21.7 Å². The Labute approximate surface area is 155 Å². The van der Waals surface area contributed by atoms with E-state index in [1.165, 1.54) is 24.3 Å². The van der Waals surface area contributed by atoms with Gasteiger partial charge in [-0.25, -0.2) is 8.42 Å². The van der Waals surface area contributed by atoms with Crippen molar-refractivity contribution in [2.45, 2.75) is 44.9 Å². The van der Waals surface area contributed by atoms with Gasteiger partial charge in [0.15, 0.2) is 9.84 Å². The van der Waals surface area contributed by atoms with Crippen molar-refractivity contribution in [2.24, 2.45) is 11.3 Å². The molecule has 1 unspecified atom stereocenters. The first-order valence-electron chi connectivity index (χ1n) is 8.99. The van der Waals surface area contributed by atoms with Crippen LogP contribution in [0.5, 0.6) is 0 Å². The number of aliphatic carboxylic acids is 1. The zero-order valence-corrected chi connectivity index (χ0v) is 16.4. The van der Waals surface area contributed by atoms with Crippen molar-refractivity contribution in [1.29, 1.82) is 0 Å². The lowest BCUT2D eigenvalue weighted by Crippen LogP contribution is -2.40. The van der Waals surface area contributed by atoms with E-state index in [0.717, 1.165) is 6.42 Å². The van der Waals surface area contributed by atoms with Gasteiger partial charge in [-0.05, 0) is 43.0 Å². The summed E-state index contributed by atoms with van der Waals surface area (Å²) < 4.78 is 24.4. The maximum absolute atomic E-state index is 12.7. The number of carbonyl (C=O) groups excluding carboxylic acids is 1. The molecule has 0 radical (unpaired) electrons. The van der Waals surface area contributed by atoms with Crippen molar-refractivity contribution in [3.05, 3.63) is 29.8 Å². The SMILES string of the molecule is CCCCS(=O)(=O)c1ccc(C(=O)N2CCC(C(=O)O)(C(C)C)C2)cc1. The molecule has 1 N–H and O–H groups in total. The third-order valence-electron chi connectivity index (χ3n) is 5.35. The summed E-state index contributed by atoms with van der Waals surface area (Å²) in [7, 11) is -3.33. The molecule has 0 aromatic heterocycles. The number of rotatable bonds is 7. The van der Waals surface area contributed by atoms with Crippen LogP contribution in [0.25, 0.3) is 0 Å². The number of carbonyl (C=O) groups is 2. The molecule has 1 aromatic carbocycles. The predicted molar refractivity (Wildman–Crippen MR) is 98.8 cm³/mol. The second-order valence-corrected chi connectivity index (χ2v) is 9.40. The van der Waals surface area contributed by atoms with E-state index in [1.54, 1.807) is 4.90 Å². The first-order valence-corrected chi connectivity index (χ1v) is 10.6. The molecular weight excluding hydrogens is 354 g/mol. The fraction of sp³-hybridized carbons (Fsp3) is 0.579. The summed E-state index contributed by atoms with van der Waals surface area (Å²) in [6.07, 6.45) is 1.82. The lowest BCUT2D eigenvalue weighted by atomic mass is 9.76. The van der Waals surface area contributed by atoms with E-state index in [1.807, 2.05) is 20.8 Å². The third-order valence-corrected chi connectivity index (χ3v) is 7.16. The molecule has 26 heavy (non-hydrogen) atoms. The van der Waals surface area contributed by atoms with Gasteiger partial charge in [0.05, 0.1) is 16.1 Å². The van der Waals surface area contributed by atoms with Crippen LogP contribution in [0.15, 0.2) is 29.2 Å². The van der Waals surface area contributed by atoms with Crippen LogP contribution >= 0.6 is 0 Å². The van der Waals surface area contributed by atoms with Gasteiger partial charge in [0.1, 0.15) is 0 Å². The van der Waals surface area contributed by atoms with E-state index in [4.69, 9.17) is 0 Å². The molecule has 1 aromatic rings. The number of amides is 1. The molecule has 1 amide bonds. The van der Waals surface area contributed by atoms with Gasteiger partial charge >= 0.3 is 5.97 Å². The van der Waals surface area contributed by atoms with Gasteiger partial charge in [0, 0.05) is 18.7 Å². The minimum atomic E-state index is -3.33. The number of hydrogen-bond acceptors (Lipinski definition) is 4. The molecule has 0 spiro atoms. The summed E-state index contributed by atoms with van der Waals surface area (Å²) in [4.78, 5) is 26.2. The van der Waals surface area contributed by atoms with Gasteiger partial charge < -0.3 is 10.0 Å². The first kappa shape index (κ1) is 20.4.